The molecule has 0 heterocycles. The maximum absolute atomic E-state index is 13.0. The van der Waals surface area contributed by atoms with Crippen molar-refractivity contribution in [2.24, 2.45) is 0 Å². The molecule has 0 aliphatic carbocycles. The van der Waals surface area contributed by atoms with Crippen molar-refractivity contribution in [3.63, 3.8) is 0 Å². The quantitative estimate of drug-likeness (QED) is 0.200. The highest BCUT2D eigenvalue weighted by atomic mass is 30.1. The zero-order valence-corrected chi connectivity index (χ0v) is 29.4. The summed E-state index contributed by atoms with van der Waals surface area (Å²) in [6.07, 6.45) is 1.21. The number of aryl methyl sites for hydroxylation is 1. The molecule has 0 N–H and O–H groups in total. The molecule has 22 heteroatoms. The zero-order chi connectivity index (χ0) is 26.2. The lowest BCUT2D eigenvalue weighted by molar-refractivity contribution is 0.409. The Bertz CT molecular complexity index is 1140. The van der Waals surface area contributed by atoms with Gasteiger partial charge in [0.05, 0.1) is 7.11 Å². The molecule has 0 unspecified atom stereocenters. The van der Waals surface area contributed by atoms with E-state index in [-0.39, 0.29) is 0 Å². The Morgan fingerprint density at radius 1 is 0.765 bits per heavy atom. The van der Waals surface area contributed by atoms with Crippen molar-refractivity contribution in [3.8, 4) is 5.75 Å². The SMILES string of the molecule is COc1ccccc1CCC[Si](C)(C)[Si](=O)[Si](=O)[Si](=O)[Si](=O)[Si](=O)[Si](=O)[Si](=O)[Si](=O)[Si](=O)[Si]=O. The zero-order valence-electron chi connectivity index (χ0n) is 18.4. The van der Waals surface area contributed by atoms with Gasteiger partial charge in [0.25, 0.3) is 0 Å². The van der Waals surface area contributed by atoms with Crippen LogP contribution in [0.25, 0.3) is 0 Å². The molecule has 1 radical (unpaired) electrons. The third-order valence-electron chi connectivity index (χ3n) is 4.80. The van der Waals surface area contributed by atoms with E-state index in [1.165, 1.54) is 0 Å². The summed E-state index contributed by atoms with van der Waals surface area (Å²) in [5.74, 6) is 0.704. The Balaban J connectivity index is 2.85. The minimum Gasteiger partial charge on any atom is -0.496 e. The van der Waals surface area contributed by atoms with Gasteiger partial charge in [-0.1, -0.05) is 43.8 Å². The fourth-order valence-corrected chi connectivity index (χ4v) is 111. The van der Waals surface area contributed by atoms with Gasteiger partial charge in [0, 0.05) is 0 Å². The number of para-hydroxylation sites is 1. The summed E-state index contributed by atoms with van der Waals surface area (Å²) >= 11 is 0. The van der Waals surface area contributed by atoms with Gasteiger partial charge in [0.15, 0.2) is 0 Å². The molecule has 0 saturated carbocycles. The van der Waals surface area contributed by atoms with Crippen LogP contribution in [0.2, 0.25) is 19.1 Å². The van der Waals surface area contributed by atoms with E-state index in [9.17, 15) is 44.6 Å². The van der Waals surface area contributed by atoms with Crippen molar-refractivity contribution in [1.82, 2.24) is 0 Å². The molecule has 0 spiro atoms. The van der Waals surface area contributed by atoms with Gasteiger partial charge in [0.1, 0.15) is 13.3 Å². The van der Waals surface area contributed by atoms with Gasteiger partial charge in [0.2, 0.25) is 0 Å². The minimum atomic E-state index is -3.79. The number of rotatable bonds is 15. The Hall–Kier alpha value is -0.594. The highest BCUT2D eigenvalue weighted by molar-refractivity contribution is 7.78. The lowest BCUT2D eigenvalue weighted by Crippen LogP contribution is -2.56. The number of methoxy groups -OCH3 is 1. The Morgan fingerprint density at radius 2 is 1.24 bits per heavy atom. The molecule has 1 rings (SSSR count). The monoisotopic (exact) mass is 647 g/mol. The summed E-state index contributed by atoms with van der Waals surface area (Å²) in [6.45, 7) is 3.42. The van der Waals surface area contributed by atoms with Crippen LogP contribution in [-0.2, 0) is 51.0 Å². The lowest BCUT2D eigenvalue weighted by atomic mass is 10.1. The van der Waals surface area contributed by atoms with Crippen LogP contribution in [0.15, 0.2) is 24.3 Å². The number of ether oxygens (including phenoxy) is 1. The van der Waals surface area contributed by atoms with Crippen LogP contribution < -0.4 is 4.74 Å². The van der Waals surface area contributed by atoms with Crippen LogP contribution in [0.4, 0.5) is 0 Å². The number of hydrogen-bond donors (Lipinski definition) is 0. The van der Waals surface area contributed by atoms with Crippen molar-refractivity contribution in [2.75, 3.05) is 7.11 Å². The molecule has 0 saturated heterocycles. The lowest BCUT2D eigenvalue weighted by Gasteiger charge is -2.18. The number of benzene rings is 1. The van der Waals surface area contributed by atoms with E-state index < -0.39 is 86.0 Å². The second-order valence-corrected chi connectivity index (χ2v) is 60.7. The molecule has 0 aliphatic rings. The van der Waals surface area contributed by atoms with Gasteiger partial charge in [-0.15, -0.1) is 0 Å². The van der Waals surface area contributed by atoms with Crippen molar-refractivity contribution >= 4 is 86.0 Å². The largest absolute Gasteiger partial charge is 0.496 e. The van der Waals surface area contributed by atoms with Gasteiger partial charge in [-0.2, -0.15) is 0 Å². The second-order valence-electron chi connectivity index (χ2n) is 7.61. The summed E-state index contributed by atoms with van der Waals surface area (Å²) in [5.41, 5.74) is 0.944. The van der Waals surface area contributed by atoms with Crippen LogP contribution in [0, 0.1) is 0 Å². The normalized spacial score (nSPS) is 10.6. The van der Waals surface area contributed by atoms with Gasteiger partial charge in [-0.25, -0.2) is 0 Å². The molecule has 34 heavy (non-hydrogen) atoms. The molecule has 1 aromatic carbocycles. The fraction of sp³-hybridized carbons (Fsp3) is 0.500. The summed E-state index contributed by atoms with van der Waals surface area (Å²) in [4.78, 5) is 0. The smallest absolute Gasteiger partial charge is 0.381 e. The highest BCUT2D eigenvalue weighted by Gasteiger charge is 2.52. The third-order valence-corrected chi connectivity index (χ3v) is 83.7. The fourth-order valence-electron chi connectivity index (χ4n) is 2.82. The average molecular weight is 648 g/mol. The van der Waals surface area contributed by atoms with E-state index >= 15 is 0 Å². The molecule has 11 nitrogen and oxygen atoms in total. The molecule has 0 aromatic heterocycles. The molecule has 177 valence electrons. The van der Waals surface area contributed by atoms with Crippen LogP contribution in [0.3, 0.4) is 0 Å². The molecule has 0 fully saturated rings. The van der Waals surface area contributed by atoms with E-state index in [0.717, 1.165) is 5.56 Å². The van der Waals surface area contributed by atoms with E-state index in [1.807, 2.05) is 24.3 Å². The van der Waals surface area contributed by atoms with Crippen molar-refractivity contribution < 1.29 is 49.4 Å². The van der Waals surface area contributed by atoms with Crippen LogP contribution >= 0.6 is 0 Å². The molecule has 0 atom stereocenters. The Kier molecular flexibility index (Phi) is 13.1. The summed E-state index contributed by atoms with van der Waals surface area (Å²) in [5, 5.41) is 0. The van der Waals surface area contributed by atoms with Crippen LogP contribution in [0.5, 0.6) is 5.75 Å². The first-order valence-electron chi connectivity index (χ1n) is 9.69. The van der Waals surface area contributed by atoms with E-state index in [0.29, 0.717) is 24.6 Å². The summed E-state index contributed by atoms with van der Waals surface area (Å²) in [6, 6.07) is 7.85. The van der Waals surface area contributed by atoms with Crippen molar-refractivity contribution in [1.29, 1.82) is 0 Å². The third kappa shape index (κ3) is 8.23. The Morgan fingerprint density at radius 3 is 1.74 bits per heavy atom. The Labute approximate surface area is 209 Å². The first kappa shape index (κ1) is 31.4. The molecule has 0 aliphatic heterocycles. The molecule has 0 amide bonds. The van der Waals surface area contributed by atoms with E-state index in [2.05, 4.69) is 0 Å². The molecule has 1 aromatic rings. The van der Waals surface area contributed by atoms with Gasteiger partial charge in [-0.05, 0) is 18.1 Å². The van der Waals surface area contributed by atoms with E-state index in [1.54, 1.807) is 20.2 Å². The molecular weight excluding hydrogens is 629 g/mol. The summed E-state index contributed by atoms with van der Waals surface area (Å²) in [7, 11) is -34.4. The topological polar surface area (TPSA) is 180 Å². The van der Waals surface area contributed by atoms with E-state index in [4.69, 9.17) is 4.74 Å². The average Bonchev–Trinajstić information content (AvgIpc) is 2.84. The maximum Gasteiger partial charge on any atom is 0.381 e. The highest BCUT2D eigenvalue weighted by Crippen LogP contribution is 2.22. The first-order chi connectivity index (χ1) is 15.8. The predicted molar refractivity (Wildman–Crippen MR) is 128 cm³/mol. The van der Waals surface area contributed by atoms with Gasteiger partial charge >= 0.3 is 78.4 Å². The van der Waals surface area contributed by atoms with Gasteiger partial charge < -0.3 is 49.4 Å². The summed E-state index contributed by atoms with van der Waals surface area (Å²) < 4.78 is 126. The van der Waals surface area contributed by atoms with Crippen LogP contribution in [-0.4, -0.2) is 93.1 Å². The maximum atomic E-state index is 13.0. The molecular formula is C12H19O11Si11. The van der Waals surface area contributed by atoms with Gasteiger partial charge in [-0.3, -0.25) is 0 Å². The number of hydrogen-bond acceptors (Lipinski definition) is 11. The van der Waals surface area contributed by atoms with Crippen molar-refractivity contribution in [3.05, 3.63) is 29.8 Å². The molecule has 0 bridgehead atoms. The second kappa shape index (κ2) is 14.2. The standard InChI is InChI=1S/C12H19O11Si11/c1-23-12-9-5-4-7-11(12)8-6-10-34(2,3)33(22)32(21)31(20)30(19)29(18)28(17)27(16)26(15)25(14)24-13/h4-5,7,9H,6,8,10H2,1-3H3. The minimum absolute atomic E-state index is 0.473. The van der Waals surface area contributed by atoms with Crippen molar-refractivity contribution in [2.45, 2.75) is 32.0 Å². The first-order valence-corrected chi connectivity index (χ1v) is 36.5. The predicted octanol–water partition coefficient (Wildman–Crippen LogP) is -1.61. The van der Waals surface area contributed by atoms with Crippen LogP contribution in [0.1, 0.15) is 12.0 Å².